The number of carbonyl (C=O) groups excluding carboxylic acids is 1. The Morgan fingerprint density at radius 3 is 2.76 bits per heavy atom. The molecule has 1 unspecified atom stereocenters. The minimum absolute atomic E-state index is 0.0978. The van der Waals surface area contributed by atoms with Gasteiger partial charge in [0.05, 0.1) is 0 Å². The molecule has 1 heterocycles. The standard InChI is InChI=1S/C17H27N3O/c1-4-20(3)12-15-7-5-6-14(8-15)9-19-17(21)13(2)16-10-18-11-16/h5-8,13,16,18H,4,9-12H2,1-3H3,(H,19,21). The highest BCUT2D eigenvalue weighted by Crippen LogP contribution is 2.16. The fourth-order valence-electron chi connectivity index (χ4n) is 2.49. The number of hydrogen-bond acceptors (Lipinski definition) is 3. The molecule has 1 aromatic rings. The van der Waals surface area contributed by atoms with Crippen molar-refractivity contribution in [2.75, 3.05) is 26.7 Å². The third-order valence-electron chi connectivity index (χ3n) is 4.38. The highest BCUT2D eigenvalue weighted by atomic mass is 16.1. The molecule has 0 bridgehead atoms. The Hall–Kier alpha value is -1.39. The van der Waals surface area contributed by atoms with Crippen LogP contribution in [0.1, 0.15) is 25.0 Å². The van der Waals surface area contributed by atoms with Gasteiger partial charge in [0, 0.05) is 19.0 Å². The van der Waals surface area contributed by atoms with E-state index >= 15 is 0 Å². The molecule has 4 nitrogen and oxygen atoms in total. The van der Waals surface area contributed by atoms with Crippen molar-refractivity contribution in [3.8, 4) is 0 Å². The summed E-state index contributed by atoms with van der Waals surface area (Å²) in [4.78, 5) is 14.4. The van der Waals surface area contributed by atoms with Crippen LogP contribution in [0.4, 0.5) is 0 Å². The summed E-state index contributed by atoms with van der Waals surface area (Å²) < 4.78 is 0. The first kappa shape index (κ1) is 16.0. The molecule has 1 aliphatic rings. The van der Waals surface area contributed by atoms with E-state index in [2.05, 4.69) is 53.8 Å². The molecule has 2 rings (SSSR count). The third-order valence-corrected chi connectivity index (χ3v) is 4.38. The van der Waals surface area contributed by atoms with Gasteiger partial charge in [-0.2, -0.15) is 0 Å². The fraction of sp³-hybridized carbons (Fsp3) is 0.588. The van der Waals surface area contributed by atoms with Crippen LogP contribution in [0.3, 0.4) is 0 Å². The van der Waals surface area contributed by atoms with Gasteiger partial charge in [0.1, 0.15) is 0 Å². The summed E-state index contributed by atoms with van der Waals surface area (Å²) in [5.41, 5.74) is 2.46. The van der Waals surface area contributed by atoms with Crippen LogP contribution >= 0.6 is 0 Å². The predicted octanol–water partition coefficient (Wildman–Crippen LogP) is 1.61. The smallest absolute Gasteiger partial charge is 0.223 e. The van der Waals surface area contributed by atoms with Crippen molar-refractivity contribution in [3.63, 3.8) is 0 Å². The molecule has 4 heteroatoms. The maximum absolute atomic E-state index is 12.1. The summed E-state index contributed by atoms with van der Waals surface area (Å²) in [5.74, 6) is 0.757. The van der Waals surface area contributed by atoms with E-state index in [1.807, 2.05) is 6.92 Å². The maximum Gasteiger partial charge on any atom is 0.223 e. The number of hydrogen-bond donors (Lipinski definition) is 2. The minimum Gasteiger partial charge on any atom is -0.352 e. The Balaban J connectivity index is 1.84. The molecule has 1 amide bonds. The Bertz CT molecular complexity index is 471. The van der Waals surface area contributed by atoms with E-state index < -0.39 is 0 Å². The average Bonchev–Trinajstić information content (AvgIpc) is 2.43. The topological polar surface area (TPSA) is 44.4 Å². The number of amides is 1. The Morgan fingerprint density at radius 2 is 2.14 bits per heavy atom. The van der Waals surface area contributed by atoms with Gasteiger partial charge < -0.3 is 15.5 Å². The van der Waals surface area contributed by atoms with Crippen LogP contribution in [0.15, 0.2) is 24.3 Å². The summed E-state index contributed by atoms with van der Waals surface area (Å²) in [6, 6.07) is 8.47. The molecule has 116 valence electrons. The summed E-state index contributed by atoms with van der Waals surface area (Å²) in [6.07, 6.45) is 0. The number of benzene rings is 1. The first-order chi connectivity index (χ1) is 10.1. The van der Waals surface area contributed by atoms with E-state index in [9.17, 15) is 4.79 Å². The van der Waals surface area contributed by atoms with E-state index in [1.165, 1.54) is 11.1 Å². The van der Waals surface area contributed by atoms with Crippen molar-refractivity contribution < 1.29 is 4.79 Å². The third kappa shape index (κ3) is 4.55. The summed E-state index contributed by atoms with van der Waals surface area (Å²) in [7, 11) is 2.11. The number of nitrogens with one attached hydrogen (secondary N) is 2. The van der Waals surface area contributed by atoms with Crippen molar-refractivity contribution in [1.82, 2.24) is 15.5 Å². The van der Waals surface area contributed by atoms with Gasteiger partial charge >= 0.3 is 0 Å². The molecule has 0 aromatic heterocycles. The molecule has 2 N–H and O–H groups in total. The lowest BCUT2D eigenvalue weighted by molar-refractivity contribution is -0.126. The largest absolute Gasteiger partial charge is 0.352 e. The lowest BCUT2D eigenvalue weighted by Crippen LogP contribution is -2.49. The summed E-state index contributed by atoms with van der Waals surface area (Å²) >= 11 is 0. The number of carbonyl (C=O) groups is 1. The van der Waals surface area contributed by atoms with E-state index in [1.54, 1.807) is 0 Å². The normalized spacial score (nSPS) is 16.6. The zero-order valence-corrected chi connectivity index (χ0v) is 13.4. The van der Waals surface area contributed by atoms with Gasteiger partial charge in [-0.15, -0.1) is 0 Å². The van der Waals surface area contributed by atoms with Gasteiger partial charge in [0.25, 0.3) is 0 Å². The van der Waals surface area contributed by atoms with Gasteiger partial charge in [0.2, 0.25) is 5.91 Å². The summed E-state index contributed by atoms with van der Waals surface area (Å²) in [6.45, 7) is 8.71. The van der Waals surface area contributed by atoms with Crippen molar-refractivity contribution in [3.05, 3.63) is 35.4 Å². The average molecular weight is 289 g/mol. The molecule has 1 aromatic carbocycles. The molecule has 1 atom stereocenters. The lowest BCUT2D eigenvalue weighted by atomic mass is 9.88. The van der Waals surface area contributed by atoms with Gasteiger partial charge in [-0.1, -0.05) is 38.1 Å². The highest BCUT2D eigenvalue weighted by Gasteiger charge is 2.28. The molecular formula is C17H27N3O. The quantitative estimate of drug-likeness (QED) is 0.801. The second-order valence-electron chi connectivity index (χ2n) is 6.08. The second-order valence-corrected chi connectivity index (χ2v) is 6.08. The van der Waals surface area contributed by atoms with Crippen LogP contribution in [0.5, 0.6) is 0 Å². The zero-order chi connectivity index (χ0) is 15.2. The Labute approximate surface area is 127 Å². The lowest BCUT2D eigenvalue weighted by Gasteiger charge is -2.31. The fourth-order valence-corrected chi connectivity index (χ4v) is 2.49. The van der Waals surface area contributed by atoms with Gasteiger partial charge in [-0.3, -0.25) is 4.79 Å². The molecule has 0 spiro atoms. The van der Waals surface area contributed by atoms with Crippen LogP contribution in [0, 0.1) is 11.8 Å². The molecule has 0 saturated carbocycles. The van der Waals surface area contributed by atoms with Crippen molar-refractivity contribution >= 4 is 5.91 Å². The van der Waals surface area contributed by atoms with Crippen LogP contribution < -0.4 is 10.6 Å². The van der Waals surface area contributed by atoms with Gasteiger partial charge in [-0.25, -0.2) is 0 Å². The van der Waals surface area contributed by atoms with Crippen molar-refractivity contribution in [2.24, 2.45) is 11.8 Å². The molecule has 1 saturated heterocycles. The van der Waals surface area contributed by atoms with Crippen LogP contribution in [0.25, 0.3) is 0 Å². The number of rotatable bonds is 7. The summed E-state index contributed by atoms with van der Waals surface area (Å²) in [5, 5.41) is 6.28. The molecule has 0 radical (unpaired) electrons. The highest BCUT2D eigenvalue weighted by molar-refractivity contribution is 5.78. The van der Waals surface area contributed by atoms with Gasteiger partial charge in [-0.05, 0) is 43.7 Å². The molecule has 1 fully saturated rings. The molecule has 1 aliphatic heterocycles. The van der Waals surface area contributed by atoms with E-state index in [0.29, 0.717) is 12.5 Å². The van der Waals surface area contributed by atoms with Crippen LogP contribution in [-0.4, -0.2) is 37.5 Å². The van der Waals surface area contributed by atoms with Gasteiger partial charge in [0.15, 0.2) is 0 Å². The SMILES string of the molecule is CCN(C)Cc1cccc(CNC(=O)C(C)C2CNC2)c1. The molecule has 0 aliphatic carbocycles. The first-order valence-electron chi connectivity index (χ1n) is 7.85. The van der Waals surface area contributed by atoms with Crippen LogP contribution in [-0.2, 0) is 17.9 Å². The van der Waals surface area contributed by atoms with E-state index in [4.69, 9.17) is 0 Å². The zero-order valence-electron chi connectivity index (χ0n) is 13.4. The van der Waals surface area contributed by atoms with Crippen LogP contribution in [0.2, 0.25) is 0 Å². The monoisotopic (exact) mass is 289 g/mol. The van der Waals surface area contributed by atoms with E-state index in [0.717, 1.165) is 26.2 Å². The maximum atomic E-state index is 12.1. The Kier molecular flexibility index (Phi) is 5.76. The minimum atomic E-state index is 0.0978. The van der Waals surface area contributed by atoms with Crippen molar-refractivity contribution in [2.45, 2.75) is 26.9 Å². The second kappa shape index (κ2) is 7.57. The van der Waals surface area contributed by atoms with Crippen molar-refractivity contribution in [1.29, 1.82) is 0 Å². The molecule has 21 heavy (non-hydrogen) atoms. The molecular weight excluding hydrogens is 262 g/mol. The first-order valence-corrected chi connectivity index (χ1v) is 7.85. The number of nitrogens with zero attached hydrogens (tertiary/aromatic N) is 1. The van der Waals surface area contributed by atoms with E-state index in [-0.39, 0.29) is 11.8 Å². The Morgan fingerprint density at radius 1 is 1.43 bits per heavy atom. The predicted molar refractivity (Wildman–Crippen MR) is 85.8 cm³/mol.